The molecule has 1 aromatic heterocycles. The van der Waals surface area contributed by atoms with Crippen LogP contribution in [0.25, 0.3) is 0 Å². The van der Waals surface area contributed by atoms with E-state index >= 15 is 0 Å². The van der Waals surface area contributed by atoms with E-state index in [-0.39, 0.29) is 6.61 Å². The molecule has 0 bridgehead atoms. The lowest BCUT2D eigenvalue weighted by atomic mass is 10.2. The number of para-hydroxylation sites is 1. The van der Waals surface area contributed by atoms with Crippen LogP contribution in [0.5, 0.6) is 5.75 Å². The molecule has 2 rings (SSSR count). The lowest BCUT2D eigenvalue weighted by molar-refractivity contribution is 0.106. The fourth-order valence-corrected chi connectivity index (χ4v) is 2.59. The molecule has 6 nitrogen and oxygen atoms in total. The van der Waals surface area contributed by atoms with E-state index in [4.69, 9.17) is 4.74 Å². The maximum Gasteiger partial charge on any atom is 0.130 e. The first-order valence-electron chi connectivity index (χ1n) is 7.75. The summed E-state index contributed by atoms with van der Waals surface area (Å²) in [6, 6.07) is 9.51. The van der Waals surface area contributed by atoms with Crippen molar-refractivity contribution >= 4 is 5.82 Å². The van der Waals surface area contributed by atoms with Gasteiger partial charge in [-0.1, -0.05) is 18.2 Å². The van der Waals surface area contributed by atoms with Crippen LogP contribution in [0.4, 0.5) is 5.82 Å². The van der Waals surface area contributed by atoms with Crippen LogP contribution in [0, 0.1) is 6.92 Å². The van der Waals surface area contributed by atoms with Crippen molar-refractivity contribution in [3.8, 4) is 5.75 Å². The molecule has 2 aromatic rings. The number of nitrogens with zero attached hydrogens (tertiary/aromatic N) is 3. The summed E-state index contributed by atoms with van der Waals surface area (Å²) in [5.74, 6) is 1.84. The number of aliphatic hydroxyl groups excluding tert-OH is 1. The molecule has 0 radical (unpaired) electrons. The van der Waals surface area contributed by atoms with Crippen LogP contribution in [-0.2, 0) is 13.6 Å². The molecular weight excluding hydrogens is 292 g/mol. The number of rotatable bonds is 8. The van der Waals surface area contributed by atoms with Crippen molar-refractivity contribution in [2.45, 2.75) is 19.6 Å². The summed E-state index contributed by atoms with van der Waals surface area (Å²) >= 11 is 0. The van der Waals surface area contributed by atoms with Gasteiger partial charge in [0.25, 0.3) is 0 Å². The average Bonchev–Trinajstić information content (AvgIpc) is 2.80. The molecule has 1 aromatic carbocycles. The zero-order valence-electron chi connectivity index (χ0n) is 14.3. The summed E-state index contributed by atoms with van der Waals surface area (Å²) in [6.07, 6.45) is -0.560. The first-order chi connectivity index (χ1) is 11.0. The number of hydrogen-bond donors (Lipinski definition) is 2. The summed E-state index contributed by atoms with van der Waals surface area (Å²) < 4.78 is 7.42. The predicted molar refractivity (Wildman–Crippen MR) is 91.9 cm³/mol. The fourth-order valence-electron chi connectivity index (χ4n) is 2.59. The van der Waals surface area contributed by atoms with Gasteiger partial charge in [-0.05, 0) is 19.1 Å². The summed E-state index contributed by atoms with van der Waals surface area (Å²) in [5.41, 5.74) is 2.15. The minimum absolute atomic E-state index is 0.267. The first-order valence-corrected chi connectivity index (χ1v) is 7.75. The van der Waals surface area contributed by atoms with Crippen molar-refractivity contribution in [2.24, 2.45) is 7.05 Å². The molecule has 1 atom stereocenters. The van der Waals surface area contributed by atoms with Crippen LogP contribution in [0.1, 0.15) is 11.3 Å². The van der Waals surface area contributed by atoms with Gasteiger partial charge in [-0.15, -0.1) is 0 Å². The summed E-state index contributed by atoms with van der Waals surface area (Å²) in [7, 11) is 5.94. The minimum Gasteiger partial charge on any atom is -0.491 e. The molecule has 2 N–H and O–H groups in total. The Morgan fingerprint density at radius 1 is 1.30 bits per heavy atom. The van der Waals surface area contributed by atoms with Gasteiger partial charge in [-0.2, -0.15) is 5.10 Å². The molecule has 0 spiro atoms. The molecule has 0 saturated heterocycles. The highest BCUT2D eigenvalue weighted by atomic mass is 16.5. The number of aryl methyl sites for hydroxylation is 2. The number of nitrogens with one attached hydrogen (secondary N) is 1. The van der Waals surface area contributed by atoms with E-state index in [1.165, 1.54) is 0 Å². The molecule has 6 heteroatoms. The van der Waals surface area contributed by atoms with Gasteiger partial charge in [0.15, 0.2) is 0 Å². The van der Waals surface area contributed by atoms with Crippen LogP contribution < -0.4 is 15.0 Å². The Balaban J connectivity index is 1.81. The molecule has 0 aliphatic heterocycles. The second-order valence-electron chi connectivity index (χ2n) is 5.81. The lowest BCUT2D eigenvalue weighted by Crippen LogP contribution is -2.31. The molecule has 0 amide bonds. The maximum atomic E-state index is 10.0. The van der Waals surface area contributed by atoms with E-state index < -0.39 is 6.10 Å². The molecule has 23 heavy (non-hydrogen) atoms. The van der Waals surface area contributed by atoms with E-state index in [1.807, 2.05) is 68.0 Å². The Morgan fingerprint density at radius 3 is 2.65 bits per heavy atom. The monoisotopic (exact) mass is 318 g/mol. The number of aromatic nitrogens is 2. The van der Waals surface area contributed by atoms with E-state index in [1.54, 1.807) is 0 Å². The third-order valence-electron chi connectivity index (χ3n) is 3.60. The van der Waals surface area contributed by atoms with Gasteiger partial charge in [-0.3, -0.25) is 4.68 Å². The molecule has 1 heterocycles. The Bertz CT molecular complexity index is 611. The highest BCUT2D eigenvalue weighted by Gasteiger charge is 2.15. The van der Waals surface area contributed by atoms with E-state index in [0.29, 0.717) is 13.1 Å². The zero-order chi connectivity index (χ0) is 16.8. The van der Waals surface area contributed by atoms with Crippen LogP contribution in [-0.4, -0.2) is 48.2 Å². The van der Waals surface area contributed by atoms with Crippen molar-refractivity contribution in [2.75, 3.05) is 32.1 Å². The number of ether oxygens (including phenoxy) is 1. The largest absolute Gasteiger partial charge is 0.491 e. The fraction of sp³-hybridized carbons (Fsp3) is 0.471. The normalized spacial score (nSPS) is 12.2. The van der Waals surface area contributed by atoms with Crippen molar-refractivity contribution < 1.29 is 9.84 Å². The minimum atomic E-state index is -0.560. The number of benzene rings is 1. The van der Waals surface area contributed by atoms with E-state index in [0.717, 1.165) is 22.8 Å². The van der Waals surface area contributed by atoms with Crippen molar-refractivity contribution in [1.29, 1.82) is 0 Å². The van der Waals surface area contributed by atoms with Crippen molar-refractivity contribution in [3.63, 3.8) is 0 Å². The van der Waals surface area contributed by atoms with Gasteiger partial charge in [0, 0.05) is 39.8 Å². The van der Waals surface area contributed by atoms with Crippen LogP contribution in [0.15, 0.2) is 30.3 Å². The second kappa shape index (κ2) is 7.99. The van der Waals surface area contributed by atoms with E-state index in [2.05, 4.69) is 10.4 Å². The lowest BCUT2D eigenvalue weighted by Gasteiger charge is -2.17. The zero-order valence-corrected chi connectivity index (χ0v) is 14.3. The SMILES string of the molecule is Cc1nn(C)c(N(C)C)c1CNC[C@H](O)COc1ccccc1. The highest BCUT2D eigenvalue weighted by Crippen LogP contribution is 2.20. The van der Waals surface area contributed by atoms with Crippen LogP contribution >= 0.6 is 0 Å². The molecule has 0 saturated carbocycles. The standard InChI is InChI=1S/C17H26N4O2/c1-13-16(17(20(2)3)21(4)19-13)11-18-10-14(22)12-23-15-8-6-5-7-9-15/h5-9,14,18,22H,10-12H2,1-4H3/t14-/m0/s1. The van der Waals surface area contributed by atoms with Gasteiger partial charge >= 0.3 is 0 Å². The summed E-state index contributed by atoms with van der Waals surface area (Å²) in [4.78, 5) is 2.05. The van der Waals surface area contributed by atoms with E-state index in [9.17, 15) is 5.11 Å². The smallest absolute Gasteiger partial charge is 0.130 e. The van der Waals surface area contributed by atoms with Crippen LogP contribution in [0.3, 0.4) is 0 Å². The van der Waals surface area contributed by atoms with Gasteiger partial charge in [0.1, 0.15) is 24.3 Å². The molecular formula is C17H26N4O2. The Morgan fingerprint density at radius 2 is 2.00 bits per heavy atom. The Hall–Kier alpha value is -2.05. The number of anilines is 1. The second-order valence-corrected chi connectivity index (χ2v) is 5.81. The Kier molecular flexibility index (Phi) is 6.01. The molecule has 0 fully saturated rings. The topological polar surface area (TPSA) is 62.6 Å². The molecule has 126 valence electrons. The third kappa shape index (κ3) is 4.71. The summed E-state index contributed by atoms with van der Waals surface area (Å²) in [5, 5.41) is 17.8. The van der Waals surface area contributed by atoms with Crippen LogP contribution in [0.2, 0.25) is 0 Å². The van der Waals surface area contributed by atoms with Crippen molar-refractivity contribution in [3.05, 3.63) is 41.6 Å². The average molecular weight is 318 g/mol. The predicted octanol–water partition coefficient (Wildman–Crippen LogP) is 1.32. The quantitative estimate of drug-likeness (QED) is 0.769. The van der Waals surface area contributed by atoms with Gasteiger partial charge in [-0.25, -0.2) is 0 Å². The highest BCUT2D eigenvalue weighted by molar-refractivity contribution is 5.48. The van der Waals surface area contributed by atoms with Gasteiger partial charge in [0.2, 0.25) is 0 Å². The molecule has 0 aliphatic carbocycles. The maximum absolute atomic E-state index is 10.0. The number of aliphatic hydroxyl groups is 1. The van der Waals surface area contributed by atoms with Gasteiger partial charge < -0.3 is 20.1 Å². The first kappa shape index (κ1) is 17.3. The van der Waals surface area contributed by atoms with Crippen molar-refractivity contribution in [1.82, 2.24) is 15.1 Å². The molecule has 0 unspecified atom stereocenters. The summed E-state index contributed by atoms with van der Waals surface area (Å²) in [6.45, 7) is 3.39. The third-order valence-corrected chi connectivity index (χ3v) is 3.60. The number of hydrogen-bond acceptors (Lipinski definition) is 5. The Labute approximate surface area is 137 Å². The van der Waals surface area contributed by atoms with Gasteiger partial charge in [0.05, 0.1) is 5.69 Å². The molecule has 0 aliphatic rings.